The smallest absolute Gasteiger partial charge is 0.326 e. The molecule has 6 atom stereocenters. The molecule has 2 heterocycles. The second-order valence-corrected chi connectivity index (χ2v) is 12.7. The number of carbonyl (C=O) groups is 6. The van der Waals surface area contributed by atoms with E-state index >= 15 is 0 Å². The molecule has 0 unspecified atom stereocenters. The Bertz CT molecular complexity index is 1260. The van der Waals surface area contributed by atoms with Gasteiger partial charge in [0, 0.05) is 6.42 Å². The first-order chi connectivity index (χ1) is 23.4. The van der Waals surface area contributed by atoms with Crippen LogP contribution in [0, 0.1) is 5.92 Å². The minimum absolute atomic E-state index is 0.0371. The van der Waals surface area contributed by atoms with Crippen molar-refractivity contribution in [1.82, 2.24) is 26.6 Å². The van der Waals surface area contributed by atoms with Gasteiger partial charge in [-0.25, -0.2) is 4.79 Å². The number of hydrogen-bond acceptors (Lipinski definition) is 10. The Balaban J connectivity index is 2.39. The summed E-state index contributed by atoms with van der Waals surface area (Å²) >= 11 is 0. The van der Waals surface area contributed by atoms with Crippen LogP contribution >= 0.6 is 0 Å². The SMILES string of the molecule is CC(C)C[C@H](NC(=O)[C@H](Cc1ccco1)NC(=O)[C@@H]1C/C=C/C[C@H](N)C(=O)N[C@@H](CCCCN)C(=O)N[C@@H](CCCCN)C(=O)N1)C(=O)O. The molecule has 0 bridgehead atoms. The summed E-state index contributed by atoms with van der Waals surface area (Å²) in [6, 6.07) is -3.47. The zero-order valence-electron chi connectivity index (χ0n) is 28.5. The van der Waals surface area contributed by atoms with Gasteiger partial charge in [-0.3, -0.25) is 24.0 Å². The molecule has 274 valence electrons. The molecule has 1 aliphatic rings. The highest BCUT2D eigenvalue weighted by Gasteiger charge is 2.33. The number of carboxylic acids is 1. The van der Waals surface area contributed by atoms with Crippen molar-refractivity contribution in [3.63, 3.8) is 0 Å². The number of nitrogens with one attached hydrogen (secondary N) is 5. The minimum atomic E-state index is -1.26. The van der Waals surface area contributed by atoms with Gasteiger partial charge in [-0.2, -0.15) is 0 Å². The second kappa shape index (κ2) is 21.6. The van der Waals surface area contributed by atoms with Gasteiger partial charge < -0.3 is 53.3 Å². The third-order valence-corrected chi connectivity index (χ3v) is 8.00. The number of rotatable bonds is 17. The first kappa shape index (κ1) is 40.9. The Morgan fingerprint density at radius 2 is 1.47 bits per heavy atom. The first-order valence-corrected chi connectivity index (χ1v) is 16.9. The highest BCUT2D eigenvalue weighted by atomic mass is 16.4. The lowest BCUT2D eigenvalue weighted by atomic mass is 10.0. The van der Waals surface area contributed by atoms with E-state index in [-0.39, 0.29) is 44.4 Å². The zero-order valence-corrected chi connectivity index (χ0v) is 28.5. The van der Waals surface area contributed by atoms with Gasteiger partial charge in [0.25, 0.3) is 0 Å². The van der Waals surface area contributed by atoms with Crippen molar-refractivity contribution >= 4 is 35.5 Å². The number of nitrogens with two attached hydrogens (primary N) is 3. The van der Waals surface area contributed by atoms with Crippen molar-refractivity contribution < 1.29 is 38.3 Å². The topological polar surface area (TPSA) is 274 Å². The summed E-state index contributed by atoms with van der Waals surface area (Å²) in [6.45, 7) is 4.41. The quantitative estimate of drug-likeness (QED) is 0.0729. The van der Waals surface area contributed by atoms with E-state index in [1.165, 1.54) is 6.26 Å². The van der Waals surface area contributed by atoms with E-state index in [1.807, 2.05) is 13.8 Å². The summed E-state index contributed by atoms with van der Waals surface area (Å²) in [6.07, 6.45) is 7.43. The fraction of sp³-hybridized carbons (Fsp3) is 0.636. The summed E-state index contributed by atoms with van der Waals surface area (Å²) in [5.74, 6) is -4.14. The summed E-state index contributed by atoms with van der Waals surface area (Å²) < 4.78 is 5.39. The number of aliphatic carboxylic acids is 1. The fourth-order valence-electron chi connectivity index (χ4n) is 5.24. The molecule has 2 rings (SSSR count). The monoisotopic (exact) mass is 690 g/mol. The molecule has 0 saturated heterocycles. The number of amides is 5. The molecule has 5 amide bonds. The van der Waals surface area contributed by atoms with E-state index in [1.54, 1.807) is 24.3 Å². The molecule has 0 radical (unpaired) electrons. The van der Waals surface area contributed by atoms with Gasteiger partial charge in [0.2, 0.25) is 29.5 Å². The van der Waals surface area contributed by atoms with Crippen molar-refractivity contribution in [1.29, 1.82) is 0 Å². The molecule has 16 heteroatoms. The molecule has 1 aliphatic heterocycles. The number of unbranched alkanes of at least 4 members (excludes halogenated alkanes) is 2. The van der Waals surface area contributed by atoms with Crippen LogP contribution in [-0.4, -0.2) is 90.0 Å². The Hall–Kier alpha value is -4.28. The lowest BCUT2D eigenvalue weighted by Crippen LogP contribution is -2.59. The fourth-order valence-corrected chi connectivity index (χ4v) is 5.24. The Kier molecular flexibility index (Phi) is 18.1. The van der Waals surface area contributed by atoms with Crippen LogP contribution in [0.1, 0.15) is 77.4 Å². The van der Waals surface area contributed by atoms with Gasteiger partial charge in [-0.15, -0.1) is 0 Å². The van der Waals surface area contributed by atoms with Crippen LogP contribution in [0.15, 0.2) is 35.0 Å². The average molecular weight is 691 g/mol. The number of furan rings is 1. The Labute approximate surface area is 287 Å². The molecule has 0 saturated carbocycles. The lowest BCUT2D eigenvalue weighted by Gasteiger charge is -2.27. The lowest BCUT2D eigenvalue weighted by molar-refractivity contribution is -0.142. The third-order valence-electron chi connectivity index (χ3n) is 8.00. The van der Waals surface area contributed by atoms with E-state index in [0.717, 1.165) is 0 Å². The van der Waals surface area contributed by atoms with Crippen molar-refractivity contribution in [3.05, 3.63) is 36.3 Å². The van der Waals surface area contributed by atoms with E-state index in [2.05, 4.69) is 26.6 Å². The first-order valence-electron chi connectivity index (χ1n) is 16.9. The van der Waals surface area contributed by atoms with Crippen LogP contribution in [0.25, 0.3) is 0 Å². The predicted octanol–water partition coefficient (Wildman–Crippen LogP) is -0.688. The van der Waals surface area contributed by atoms with Gasteiger partial charge in [-0.1, -0.05) is 26.0 Å². The molecular weight excluding hydrogens is 636 g/mol. The van der Waals surface area contributed by atoms with Crippen molar-refractivity contribution in [2.45, 2.75) is 114 Å². The Morgan fingerprint density at radius 1 is 0.878 bits per heavy atom. The molecule has 0 aliphatic carbocycles. The van der Waals surface area contributed by atoms with Crippen LogP contribution in [0.3, 0.4) is 0 Å². The zero-order chi connectivity index (χ0) is 36.3. The standard InChI is InChI=1S/C33H54N8O8/c1-20(2)18-27(33(47)48)41-32(46)26(19-21-10-9-17-49-21)40-31(45)24-12-4-3-11-22(36)28(42)37-23(13-5-7-15-34)29(43)39-25(30(44)38-24)14-6-8-16-35/h3-4,9-10,17,20,22-27H,5-8,11-16,18-19,34-36H2,1-2H3,(H,37,42)(H,38,44)(H,39,43)(H,40,45)(H,41,46)(H,47,48)/b4-3+/t22-,23-,24-,25-,26-,27-/m0/s1. The largest absolute Gasteiger partial charge is 0.480 e. The molecule has 12 N–H and O–H groups in total. The summed E-state index contributed by atoms with van der Waals surface area (Å²) in [5, 5.41) is 23.0. The Morgan fingerprint density at radius 3 is 2.02 bits per heavy atom. The summed E-state index contributed by atoms with van der Waals surface area (Å²) in [4.78, 5) is 79.0. The molecular formula is C33H54N8O8. The van der Waals surface area contributed by atoms with Crippen molar-refractivity contribution in [2.75, 3.05) is 13.1 Å². The highest BCUT2D eigenvalue weighted by Crippen LogP contribution is 2.11. The van der Waals surface area contributed by atoms with E-state index < -0.39 is 71.8 Å². The second-order valence-electron chi connectivity index (χ2n) is 12.7. The number of hydrogen-bond donors (Lipinski definition) is 9. The van der Waals surface area contributed by atoms with Crippen LogP contribution in [0.4, 0.5) is 0 Å². The summed E-state index contributed by atoms with van der Waals surface area (Å²) in [7, 11) is 0. The molecule has 49 heavy (non-hydrogen) atoms. The van der Waals surface area contributed by atoms with E-state index in [4.69, 9.17) is 21.6 Å². The maximum absolute atomic E-state index is 13.8. The molecule has 0 fully saturated rings. The van der Waals surface area contributed by atoms with Crippen LogP contribution in [0.5, 0.6) is 0 Å². The molecule has 0 aromatic carbocycles. The van der Waals surface area contributed by atoms with Crippen LogP contribution in [0.2, 0.25) is 0 Å². The van der Waals surface area contributed by atoms with E-state index in [9.17, 15) is 33.9 Å². The van der Waals surface area contributed by atoms with Crippen molar-refractivity contribution in [2.24, 2.45) is 23.1 Å². The number of carbonyl (C=O) groups excluding carboxylic acids is 5. The maximum Gasteiger partial charge on any atom is 0.326 e. The summed E-state index contributed by atoms with van der Waals surface area (Å²) in [5.41, 5.74) is 17.4. The molecule has 0 spiro atoms. The molecule has 1 aromatic heterocycles. The number of carboxylic acid groups (broad SMARTS) is 1. The van der Waals surface area contributed by atoms with E-state index in [0.29, 0.717) is 44.5 Å². The minimum Gasteiger partial charge on any atom is -0.480 e. The third kappa shape index (κ3) is 14.8. The van der Waals surface area contributed by atoms with Gasteiger partial charge in [0.1, 0.15) is 36.0 Å². The van der Waals surface area contributed by atoms with Gasteiger partial charge in [-0.05, 0) is 88.9 Å². The normalized spacial score (nSPS) is 22.5. The average Bonchev–Trinajstić information content (AvgIpc) is 3.56. The van der Waals surface area contributed by atoms with Gasteiger partial charge >= 0.3 is 5.97 Å². The highest BCUT2D eigenvalue weighted by molar-refractivity contribution is 5.96. The molecule has 1 aromatic rings. The molecule has 16 nitrogen and oxygen atoms in total. The van der Waals surface area contributed by atoms with Gasteiger partial charge in [0.15, 0.2) is 0 Å². The predicted molar refractivity (Wildman–Crippen MR) is 181 cm³/mol. The maximum atomic E-state index is 13.8. The van der Waals surface area contributed by atoms with Crippen molar-refractivity contribution in [3.8, 4) is 0 Å². The van der Waals surface area contributed by atoms with Gasteiger partial charge in [0.05, 0.1) is 12.3 Å². The van der Waals surface area contributed by atoms with Crippen LogP contribution < -0.4 is 43.8 Å². The van der Waals surface area contributed by atoms with Crippen LogP contribution in [-0.2, 0) is 35.2 Å².